The molecule has 2 N–H and O–H groups in total. The first-order valence-electron chi connectivity index (χ1n) is 5.35. The molecule has 0 saturated carbocycles. The average Bonchev–Trinajstić information content (AvgIpc) is 2.38. The van der Waals surface area contributed by atoms with Crippen LogP contribution in [0.15, 0.2) is 18.2 Å². The molecule has 9 heteroatoms. The number of carbonyl (C=O) groups is 2. The maximum atomic E-state index is 13.4. The van der Waals surface area contributed by atoms with E-state index in [1.165, 1.54) is 0 Å². The Morgan fingerprint density at radius 2 is 2.05 bits per heavy atom. The summed E-state index contributed by atoms with van der Waals surface area (Å²) in [5, 5.41) is 8.75. The smallest absolute Gasteiger partial charge is 0.335 e. The lowest BCUT2D eigenvalue weighted by Crippen LogP contribution is -2.20. The maximum Gasteiger partial charge on any atom is 0.335 e. The van der Waals surface area contributed by atoms with Gasteiger partial charge in [-0.15, -0.1) is 0 Å². The standard InChI is InChI=1S/C11H12FNO6S/c1-19-10(14)4-5-20(17,18)13-9-6-7(11(15)16)2-3-8(9)12/h2-3,6,13H,4-5H2,1H3,(H,15,16). The van der Waals surface area contributed by atoms with Crippen LogP contribution in [0.3, 0.4) is 0 Å². The topological polar surface area (TPSA) is 110 Å². The molecule has 0 aliphatic rings. The van der Waals surface area contributed by atoms with E-state index < -0.39 is 45.6 Å². The number of benzene rings is 1. The Kier molecular flexibility index (Phi) is 5.03. The van der Waals surface area contributed by atoms with Crippen molar-refractivity contribution in [2.45, 2.75) is 6.42 Å². The summed E-state index contributed by atoms with van der Waals surface area (Å²) in [5.41, 5.74) is -0.758. The second-order valence-corrected chi connectivity index (χ2v) is 5.59. The minimum absolute atomic E-state index is 0.267. The highest BCUT2D eigenvalue weighted by Gasteiger charge is 2.17. The molecule has 0 unspecified atom stereocenters. The average molecular weight is 305 g/mol. The SMILES string of the molecule is COC(=O)CCS(=O)(=O)Nc1cc(C(=O)O)ccc1F. The first-order valence-corrected chi connectivity index (χ1v) is 7.00. The molecule has 20 heavy (non-hydrogen) atoms. The van der Waals surface area contributed by atoms with E-state index in [1.807, 2.05) is 4.72 Å². The van der Waals surface area contributed by atoms with Crippen molar-refractivity contribution >= 4 is 27.6 Å². The predicted octanol–water partition coefficient (Wildman–Crippen LogP) is 0.829. The second-order valence-electron chi connectivity index (χ2n) is 3.75. The van der Waals surface area contributed by atoms with E-state index in [9.17, 15) is 22.4 Å². The van der Waals surface area contributed by atoms with E-state index in [0.717, 1.165) is 25.3 Å². The molecule has 0 saturated heterocycles. The van der Waals surface area contributed by atoms with Gasteiger partial charge in [0.2, 0.25) is 10.0 Å². The molecule has 0 bridgehead atoms. The summed E-state index contributed by atoms with van der Waals surface area (Å²) >= 11 is 0. The Bertz CT molecular complexity index is 628. The van der Waals surface area contributed by atoms with E-state index in [1.54, 1.807) is 0 Å². The van der Waals surface area contributed by atoms with Gasteiger partial charge in [0.25, 0.3) is 0 Å². The quantitative estimate of drug-likeness (QED) is 0.753. The normalized spacial score (nSPS) is 10.9. The molecule has 0 radical (unpaired) electrons. The number of nitrogens with one attached hydrogen (secondary N) is 1. The number of esters is 1. The lowest BCUT2D eigenvalue weighted by atomic mass is 10.2. The van der Waals surface area contributed by atoms with Crippen LogP contribution in [0.5, 0.6) is 0 Å². The number of halogens is 1. The lowest BCUT2D eigenvalue weighted by molar-refractivity contribution is -0.140. The Balaban J connectivity index is 2.89. The molecule has 1 aromatic carbocycles. The van der Waals surface area contributed by atoms with Crippen molar-refractivity contribution in [2.24, 2.45) is 0 Å². The fraction of sp³-hybridized carbons (Fsp3) is 0.273. The summed E-state index contributed by atoms with van der Waals surface area (Å²) in [7, 11) is -2.88. The lowest BCUT2D eigenvalue weighted by Gasteiger charge is -2.09. The summed E-state index contributed by atoms with van der Waals surface area (Å²) in [6.07, 6.45) is -0.397. The van der Waals surface area contributed by atoms with E-state index in [0.29, 0.717) is 0 Å². The monoisotopic (exact) mass is 305 g/mol. The van der Waals surface area contributed by atoms with Gasteiger partial charge in [-0.2, -0.15) is 0 Å². The second kappa shape index (κ2) is 6.33. The Morgan fingerprint density at radius 3 is 2.60 bits per heavy atom. The molecule has 0 amide bonds. The number of ether oxygens (including phenoxy) is 1. The van der Waals surface area contributed by atoms with Crippen molar-refractivity contribution in [3.63, 3.8) is 0 Å². The molecule has 0 aliphatic carbocycles. The Morgan fingerprint density at radius 1 is 1.40 bits per heavy atom. The number of carboxylic acid groups (broad SMARTS) is 1. The van der Waals surface area contributed by atoms with Gasteiger partial charge in [-0.05, 0) is 18.2 Å². The van der Waals surface area contributed by atoms with Crippen molar-refractivity contribution in [1.29, 1.82) is 0 Å². The molecule has 0 heterocycles. The van der Waals surface area contributed by atoms with Crippen LogP contribution in [-0.2, 0) is 19.6 Å². The van der Waals surface area contributed by atoms with E-state index in [2.05, 4.69) is 4.74 Å². The van der Waals surface area contributed by atoms with Crippen LogP contribution in [0.4, 0.5) is 10.1 Å². The van der Waals surface area contributed by atoms with Gasteiger partial charge < -0.3 is 9.84 Å². The van der Waals surface area contributed by atoms with Gasteiger partial charge in [0.05, 0.1) is 30.5 Å². The molecular weight excluding hydrogens is 293 g/mol. The number of anilines is 1. The number of carbonyl (C=O) groups excluding carboxylic acids is 1. The summed E-state index contributed by atoms with van der Waals surface area (Å²) in [6, 6.07) is 2.69. The fourth-order valence-electron chi connectivity index (χ4n) is 1.27. The number of sulfonamides is 1. The molecular formula is C11H12FNO6S. The zero-order chi connectivity index (χ0) is 15.3. The van der Waals surface area contributed by atoms with Crippen molar-refractivity contribution in [2.75, 3.05) is 17.6 Å². The molecule has 0 atom stereocenters. The van der Waals surface area contributed by atoms with Crippen LogP contribution in [0.2, 0.25) is 0 Å². The van der Waals surface area contributed by atoms with Gasteiger partial charge in [0.1, 0.15) is 5.82 Å². The molecule has 1 aromatic rings. The number of rotatable bonds is 6. The maximum absolute atomic E-state index is 13.4. The van der Waals surface area contributed by atoms with Gasteiger partial charge in [-0.1, -0.05) is 0 Å². The third-order valence-corrected chi connectivity index (χ3v) is 3.55. The minimum atomic E-state index is -3.99. The van der Waals surface area contributed by atoms with Crippen LogP contribution >= 0.6 is 0 Å². The van der Waals surface area contributed by atoms with Gasteiger partial charge in [0, 0.05) is 0 Å². The van der Waals surface area contributed by atoms with E-state index >= 15 is 0 Å². The first-order chi connectivity index (χ1) is 9.25. The van der Waals surface area contributed by atoms with Gasteiger partial charge >= 0.3 is 11.9 Å². The predicted molar refractivity (Wildman–Crippen MR) is 67.4 cm³/mol. The van der Waals surface area contributed by atoms with Crippen molar-refractivity contribution in [1.82, 2.24) is 0 Å². The van der Waals surface area contributed by atoms with Crippen LogP contribution in [0.25, 0.3) is 0 Å². The number of carboxylic acids is 1. The van der Waals surface area contributed by atoms with Gasteiger partial charge in [0.15, 0.2) is 0 Å². The summed E-state index contributed by atoms with van der Waals surface area (Å²) < 4.78 is 42.8. The molecule has 0 spiro atoms. The highest BCUT2D eigenvalue weighted by Crippen LogP contribution is 2.18. The molecule has 0 aliphatic heterocycles. The first kappa shape index (κ1) is 15.9. The molecule has 110 valence electrons. The molecule has 0 fully saturated rings. The molecule has 1 rings (SSSR count). The highest BCUT2D eigenvalue weighted by atomic mass is 32.2. The van der Waals surface area contributed by atoms with Crippen LogP contribution in [-0.4, -0.2) is 38.3 Å². The van der Waals surface area contributed by atoms with Gasteiger partial charge in [-0.3, -0.25) is 9.52 Å². The number of hydrogen-bond acceptors (Lipinski definition) is 5. The van der Waals surface area contributed by atoms with Crippen LogP contribution in [0, 0.1) is 5.82 Å². The van der Waals surface area contributed by atoms with E-state index in [4.69, 9.17) is 5.11 Å². The number of aromatic carboxylic acids is 1. The Hall–Kier alpha value is -2.16. The highest BCUT2D eigenvalue weighted by molar-refractivity contribution is 7.92. The van der Waals surface area contributed by atoms with Crippen LogP contribution in [0.1, 0.15) is 16.8 Å². The van der Waals surface area contributed by atoms with E-state index in [-0.39, 0.29) is 5.56 Å². The molecule has 0 aromatic heterocycles. The largest absolute Gasteiger partial charge is 0.478 e. The third kappa shape index (κ3) is 4.50. The summed E-state index contributed by atoms with van der Waals surface area (Å²) in [4.78, 5) is 21.6. The van der Waals surface area contributed by atoms with Crippen molar-refractivity contribution < 1.29 is 32.2 Å². The third-order valence-electron chi connectivity index (χ3n) is 2.28. The fourth-order valence-corrected chi connectivity index (χ4v) is 2.30. The zero-order valence-electron chi connectivity index (χ0n) is 10.4. The van der Waals surface area contributed by atoms with Gasteiger partial charge in [-0.25, -0.2) is 17.6 Å². The van der Waals surface area contributed by atoms with Crippen LogP contribution < -0.4 is 4.72 Å². The Labute approximate surface area is 114 Å². The van der Waals surface area contributed by atoms with Crippen molar-refractivity contribution in [3.05, 3.63) is 29.6 Å². The minimum Gasteiger partial charge on any atom is -0.478 e. The zero-order valence-corrected chi connectivity index (χ0v) is 11.2. The number of methoxy groups -OCH3 is 1. The summed E-state index contributed by atoms with van der Waals surface area (Å²) in [6.45, 7) is 0. The summed E-state index contributed by atoms with van der Waals surface area (Å²) in [5.74, 6) is -3.57. The number of hydrogen-bond donors (Lipinski definition) is 2. The molecule has 7 nitrogen and oxygen atoms in total. The van der Waals surface area contributed by atoms with Crippen molar-refractivity contribution in [3.8, 4) is 0 Å².